The molecule has 0 radical (unpaired) electrons. The highest BCUT2D eigenvalue weighted by molar-refractivity contribution is 7.96. The second kappa shape index (κ2) is 7.86. The van der Waals surface area contributed by atoms with E-state index in [1.54, 1.807) is 19.1 Å². The summed E-state index contributed by atoms with van der Waals surface area (Å²) >= 11 is 1.71. The zero-order valence-corrected chi connectivity index (χ0v) is 16.4. The zero-order valence-electron chi connectivity index (χ0n) is 15.6. The molecule has 0 spiro atoms. The first-order chi connectivity index (χ1) is 12.6. The molecule has 134 valence electrons. The van der Waals surface area contributed by atoms with Gasteiger partial charge in [0.2, 0.25) is 0 Å². The van der Waals surface area contributed by atoms with Gasteiger partial charge in [0.05, 0.1) is 23.9 Å². The van der Waals surface area contributed by atoms with E-state index in [-0.39, 0.29) is 0 Å². The quantitative estimate of drug-likeness (QED) is 0.582. The van der Waals surface area contributed by atoms with Gasteiger partial charge in [-0.1, -0.05) is 30.1 Å². The standard InChI is InChI=1S/C21H23N3OS/c1-5-24-20-12-17(25-3)9-10-18(20)19(13-22)21(24)16-8-6-7-15(11-16)14-23(2)26-4/h6-12H,5,14H2,1-4H3. The third kappa shape index (κ3) is 3.31. The van der Waals surface area contributed by atoms with E-state index in [1.165, 1.54) is 5.56 Å². The fourth-order valence-corrected chi connectivity index (χ4v) is 3.61. The van der Waals surface area contributed by atoms with Crippen LogP contribution in [0, 0.1) is 11.3 Å². The maximum absolute atomic E-state index is 9.86. The monoisotopic (exact) mass is 365 g/mol. The minimum atomic E-state index is 0.722. The van der Waals surface area contributed by atoms with Crippen LogP contribution in [0.1, 0.15) is 18.1 Å². The molecule has 1 heterocycles. The smallest absolute Gasteiger partial charge is 0.120 e. The summed E-state index contributed by atoms with van der Waals surface area (Å²) in [4.78, 5) is 0. The largest absolute Gasteiger partial charge is 0.497 e. The maximum Gasteiger partial charge on any atom is 0.120 e. The molecular formula is C21H23N3OS. The van der Waals surface area contributed by atoms with Gasteiger partial charge in [0.15, 0.2) is 0 Å². The lowest BCUT2D eigenvalue weighted by molar-refractivity contribution is 0.415. The fourth-order valence-electron chi connectivity index (χ4n) is 3.34. The first-order valence-corrected chi connectivity index (χ1v) is 9.76. The van der Waals surface area contributed by atoms with E-state index in [0.717, 1.165) is 46.6 Å². The Bertz CT molecular complexity index is 971. The Hall–Kier alpha value is -2.42. The predicted octanol–water partition coefficient (Wildman–Crippen LogP) is 4.92. The van der Waals surface area contributed by atoms with Crippen molar-refractivity contribution in [2.24, 2.45) is 0 Å². The minimum absolute atomic E-state index is 0.722. The third-order valence-corrected chi connectivity index (χ3v) is 5.37. The number of methoxy groups -OCH3 is 1. The van der Waals surface area contributed by atoms with Gasteiger partial charge in [-0.15, -0.1) is 0 Å². The van der Waals surface area contributed by atoms with E-state index in [9.17, 15) is 5.26 Å². The number of ether oxygens (including phenoxy) is 1. The van der Waals surface area contributed by atoms with Gasteiger partial charge in [0.25, 0.3) is 0 Å². The number of benzene rings is 2. The van der Waals surface area contributed by atoms with Crippen LogP contribution in [0.25, 0.3) is 22.2 Å². The molecule has 5 heteroatoms. The molecule has 0 atom stereocenters. The molecule has 0 fully saturated rings. The predicted molar refractivity (Wildman–Crippen MR) is 109 cm³/mol. The van der Waals surface area contributed by atoms with Crippen molar-refractivity contribution < 1.29 is 4.74 Å². The van der Waals surface area contributed by atoms with Crippen LogP contribution in [0.2, 0.25) is 0 Å². The molecule has 3 aromatic rings. The fraction of sp³-hybridized carbons (Fsp3) is 0.286. The second-order valence-electron chi connectivity index (χ2n) is 6.13. The molecule has 0 aliphatic heterocycles. The van der Waals surface area contributed by atoms with Crippen molar-refractivity contribution in [3.63, 3.8) is 0 Å². The van der Waals surface area contributed by atoms with Crippen LogP contribution < -0.4 is 4.74 Å². The van der Waals surface area contributed by atoms with Gasteiger partial charge in [-0.2, -0.15) is 5.26 Å². The van der Waals surface area contributed by atoms with Gasteiger partial charge in [-0.05, 0) is 49.6 Å². The van der Waals surface area contributed by atoms with Gasteiger partial charge >= 0.3 is 0 Å². The molecule has 0 N–H and O–H groups in total. The lowest BCUT2D eigenvalue weighted by Crippen LogP contribution is -2.07. The lowest BCUT2D eigenvalue weighted by atomic mass is 10.0. The average molecular weight is 366 g/mol. The highest BCUT2D eigenvalue weighted by Gasteiger charge is 2.18. The van der Waals surface area contributed by atoms with Gasteiger partial charge in [-0.25, -0.2) is 4.31 Å². The Morgan fingerprint density at radius 3 is 2.69 bits per heavy atom. The Balaban J connectivity index is 2.21. The van der Waals surface area contributed by atoms with Gasteiger partial charge < -0.3 is 9.30 Å². The van der Waals surface area contributed by atoms with Crippen LogP contribution in [0.5, 0.6) is 5.75 Å². The van der Waals surface area contributed by atoms with Crippen molar-refractivity contribution in [1.82, 2.24) is 8.87 Å². The maximum atomic E-state index is 9.86. The summed E-state index contributed by atoms with van der Waals surface area (Å²) in [5, 5.41) is 10.8. The number of nitriles is 1. The summed E-state index contributed by atoms with van der Waals surface area (Å²) in [7, 11) is 3.74. The summed E-state index contributed by atoms with van der Waals surface area (Å²) in [5.41, 5.74) is 5.04. The van der Waals surface area contributed by atoms with Crippen LogP contribution in [0.15, 0.2) is 42.5 Å². The van der Waals surface area contributed by atoms with Crippen LogP contribution in [-0.2, 0) is 13.1 Å². The van der Waals surface area contributed by atoms with Crippen molar-refractivity contribution in [3.05, 3.63) is 53.6 Å². The molecule has 0 saturated carbocycles. The van der Waals surface area contributed by atoms with E-state index in [1.807, 2.05) is 18.2 Å². The Morgan fingerprint density at radius 2 is 2.04 bits per heavy atom. The molecule has 0 amide bonds. The van der Waals surface area contributed by atoms with Gasteiger partial charge in [0, 0.05) is 24.5 Å². The summed E-state index contributed by atoms with van der Waals surface area (Å²) in [5.74, 6) is 0.802. The SMILES string of the molecule is CCn1c(-c2cccc(CN(C)SC)c2)c(C#N)c2ccc(OC)cc21. The number of hydrogen-bond acceptors (Lipinski definition) is 4. The molecule has 0 bridgehead atoms. The molecule has 26 heavy (non-hydrogen) atoms. The average Bonchev–Trinajstić information content (AvgIpc) is 3.00. The van der Waals surface area contributed by atoms with E-state index in [4.69, 9.17) is 4.74 Å². The minimum Gasteiger partial charge on any atom is -0.497 e. The number of fused-ring (bicyclic) bond motifs is 1. The lowest BCUT2D eigenvalue weighted by Gasteiger charge is -2.14. The normalized spacial score (nSPS) is 11.1. The molecule has 0 aliphatic rings. The molecule has 1 aromatic heterocycles. The van der Waals surface area contributed by atoms with Crippen molar-refractivity contribution in [1.29, 1.82) is 5.26 Å². The van der Waals surface area contributed by atoms with Crippen LogP contribution in [0.4, 0.5) is 0 Å². The summed E-state index contributed by atoms with van der Waals surface area (Å²) < 4.78 is 9.77. The Morgan fingerprint density at radius 1 is 1.23 bits per heavy atom. The van der Waals surface area contributed by atoms with Gasteiger partial charge in [0.1, 0.15) is 11.8 Å². The molecule has 0 saturated heterocycles. The topological polar surface area (TPSA) is 41.2 Å². The van der Waals surface area contributed by atoms with E-state index >= 15 is 0 Å². The number of hydrogen-bond donors (Lipinski definition) is 0. The molecular weight excluding hydrogens is 342 g/mol. The second-order valence-corrected chi connectivity index (χ2v) is 7.12. The zero-order chi connectivity index (χ0) is 18.7. The van der Waals surface area contributed by atoms with Crippen LogP contribution in [0.3, 0.4) is 0 Å². The highest BCUT2D eigenvalue weighted by Crippen LogP contribution is 2.35. The van der Waals surface area contributed by atoms with Crippen LogP contribution >= 0.6 is 11.9 Å². The van der Waals surface area contributed by atoms with Crippen molar-refractivity contribution in [2.45, 2.75) is 20.0 Å². The number of rotatable bonds is 6. The molecule has 3 rings (SSSR count). The first kappa shape index (κ1) is 18.4. The summed E-state index contributed by atoms with van der Waals surface area (Å²) in [6.45, 7) is 3.75. The third-order valence-electron chi connectivity index (χ3n) is 4.62. The summed E-state index contributed by atoms with van der Waals surface area (Å²) in [6.07, 6.45) is 2.07. The molecule has 2 aromatic carbocycles. The molecule has 0 unspecified atom stereocenters. The summed E-state index contributed by atoms with van der Waals surface area (Å²) in [6, 6.07) is 16.8. The van der Waals surface area contributed by atoms with E-state index in [2.05, 4.69) is 59.4 Å². The number of nitrogens with zero attached hydrogens (tertiary/aromatic N) is 3. The van der Waals surface area contributed by atoms with E-state index in [0.29, 0.717) is 0 Å². The Kier molecular flexibility index (Phi) is 5.55. The van der Waals surface area contributed by atoms with Gasteiger partial charge in [-0.3, -0.25) is 0 Å². The van der Waals surface area contributed by atoms with Crippen molar-refractivity contribution in [3.8, 4) is 23.1 Å². The molecule has 4 nitrogen and oxygen atoms in total. The van der Waals surface area contributed by atoms with Crippen molar-refractivity contribution >= 4 is 22.9 Å². The molecule has 0 aliphatic carbocycles. The highest BCUT2D eigenvalue weighted by atomic mass is 32.2. The van der Waals surface area contributed by atoms with Crippen LogP contribution in [-0.4, -0.2) is 29.3 Å². The number of aryl methyl sites for hydroxylation is 1. The van der Waals surface area contributed by atoms with E-state index < -0.39 is 0 Å². The first-order valence-electron chi connectivity index (χ1n) is 8.57. The van der Waals surface area contributed by atoms with Crippen molar-refractivity contribution in [2.75, 3.05) is 20.4 Å². The Labute approximate surface area is 159 Å². The number of aromatic nitrogens is 1.